The number of aromatic nitrogens is 3. The summed E-state index contributed by atoms with van der Waals surface area (Å²) in [7, 11) is 0. The average molecular weight is 230 g/mol. The summed E-state index contributed by atoms with van der Waals surface area (Å²) in [5.41, 5.74) is 2.03. The van der Waals surface area contributed by atoms with Crippen LogP contribution in [0.15, 0.2) is 30.5 Å². The topological polar surface area (TPSA) is 63.0 Å². The van der Waals surface area contributed by atoms with Crippen LogP contribution in [0.4, 0.5) is 0 Å². The molecule has 1 aliphatic rings. The molecule has 1 atom stereocenters. The first-order valence-electron chi connectivity index (χ1n) is 5.75. The van der Waals surface area contributed by atoms with Crippen molar-refractivity contribution < 1.29 is 5.11 Å². The van der Waals surface area contributed by atoms with Gasteiger partial charge in [-0.1, -0.05) is 5.21 Å². The van der Waals surface area contributed by atoms with E-state index in [1.54, 1.807) is 18.3 Å². The van der Waals surface area contributed by atoms with E-state index < -0.39 is 0 Å². The first kappa shape index (κ1) is 10.3. The van der Waals surface area contributed by atoms with Gasteiger partial charge in [0.25, 0.3) is 0 Å². The molecule has 1 saturated heterocycles. The highest BCUT2D eigenvalue weighted by Crippen LogP contribution is 2.25. The molecular formula is C12H14N4O. The van der Waals surface area contributed by atoms with Crippen molar-refractivity contribution in [3.8, 4) is 17.0 Å². The number of benzene rings is 1. The third-order valence-electron chi connectivity index (χ3n) is 3.12. The smallest absolute Gasteiger partial charge is 0.115 e. The lowest BCUT2D eigenvalue weighted by Crippen LogP contribution is -2.15. The van der Waals surface area contributed by atoms with E-state index in [-0.39, 0.29) is 5.75 Å². The lowest BCUT2D eigenvalue weighted by atomic mass is 10.1. The van der Waals surface area contributed by atoms with E-state index in [9.17, 15) is 5.11 Å². The van der Waals surface area contributed by atoms with Crippen LogP contribution in [0.5, 0.6) is 5.75 Å². The molecule has 0 amide bonds. The fourth-order valence-corrected chi connectivity index (χ4v) is 2.20. The first-order valence-corrected chi connectivity index (χ1v) is 5.75. The van der Waals surface area contributed by atoms with Gasteiger partial charge in [-0.15, -0.1) is 5.10 Å². The van der Waals surface area contributed by atoms with Gasteiger partial charge >= 0.3 is 0 Å². The van der Waals surface area contributed by atoms with Gasteiger partial charge in [-0.2, -0.15) is 0 Å². The van der Waals surface area contributed by atoms with Gasteiger partial charge < -0.3 is 10.4 Å². The molecule has 0 saturated carbocycles. The molecule has 1 unspecified atom stereocenters. The predicted octanol–water partition coefficient (Wildman–Crippen LogP) is 1.19. The standard InChI is InChI=1S/C12H14N4O/c17-11-3-1-9(2-4-11)12-8-14-15-16(12)10-5-6-13-7-10/h1-4,8,10,13,17H,5-7H2. The van der Waals surface area contributed by atoms with Crippen molar-refractivity contribution in [2.24, 2.45) is 0 Å². The molecule has 1 aromatic carbocycles. The Bertz CT molecular complexity index is 499. The number of nitrogens with one attached hydrogen (secondary N) is 1. The maximum atomic E-state index is 9.29. The molecule has 3 rings (SSSR count). The van der Waals surface area contributed by atoms with Crippen LogP contribution >= 0.6 is 0 Å². The summed E-state index contributed by atoms with van der Waals surface area (Å²) in [6, 6.07) is 7.50. The Morgan fingerprint density at radius 2 is 2.12 bits per heavy atom. The third kappa shape index (κ3) is 1.89. The number of hydrogen-bond donors (Lipinski definition) is 2. The zero-order valence-electron chi connectivity index (χ0n) is 9.37. The van der Waals surface area contributed by atoms with E-state index >= 15 is 0 Å². The highest BCUT2D eigenvalue weighted by Gasteiger charge is 2.20. The highest BCUT2D eigenvalue weighted by molar-refractivity contribution is 5.59. The van der Waals surface area contributed by atoms with Crippen molar-refractivity contribution in [2.75, 3.05) is 13.1 Å². The minimum Gasteiger partial charge on any atom is -0.508 e. The Morgan fingerprint density at radius 1 is 1.29 bits per heavy atom. The number of nitrogens with zero attached hydrogens (tertiary/aromatic N) is 3. The molecule has 0 spiro atoms. The number of rotatable bonds is 2. The van der Waals surface area contributed by atoms with Gasteiger partial charge in [0.05, 0.1) is 17.9 Å². The van der Waals surface area contributed by atoms with Crippen molar-refractivity contribution >= 4 is 0 Å². The molecule has 88 valence electrons. The second kappa shape index (κ2) is 4.18. The predicted molar refractivity (Wildman–Crippen MR) is 63.6 cm³/mol. The lowest BCUT2D eigenvalue weighted by molar-refractivity contribution is 0.474. The Kier molecular flexibility index (Phi) is 2.53. The van der Waals surface area contributed by atoms with E-state index in [4.69, 9.17) is 0 Å². The second-order valence-corrected chi connectivity index (χ2v) is 4.26. The van der Waals surface area contributed by atoms with Crippen molar-refractivity contribution in [3.05, 3.63) is 30.5 Å². The normalized spacial score (nSPS) is 19.6. The highest BCUT2D eigenvalue weighted by atomic mass is 16.3. The second-order valence-electron chi connectivity index (χ2n) is 4.26. The molecule has 0 aliphatic carbocycles. The van der Waals surface area contributed by atoms with Crippen LogP contribution in [0.25, 0.3) is 11.3 Å². The Morgan fingerprint density at radius 3 is 2.82 bits per heavy atom. The summed E-state index contributed by atoms with van der Waals surface area (Å²) in [5, 5.41) is 20.8. The van der Waals surface area contributed by atoms with Crippen LogP contribution in [0.2, 0.25) is 0 Å². The summed E-state index contributed by atoms with van der Waals surface area (Å²) < 4.78 is 1.96. The van der Waals surface area contributed by atoms with Crippen LogP contribution in [-0.2, 0) is 0 Å². The van der Waals surface area contributed by atoms with Crippen LogP contribution in [0, 0.1) is 0 Å². The Labute approximate surface area is 99.1 Å². The van der Waals surface area contributed by atoms with Gasteiger partial charge in [-0.25, -0.2) is 4.68 Å². The van der Waals surface area contributed by atoms with Gasteiger partial charge in [0.1, 0.15) is 5.75 Å². The van der Waals surface area contributed by atoms with E-state index in [1.165, 1.54) is 0 Å². The minimum absolute atomic E-state index is 0.273. The number of hydrogen-bond acceptors (Lipinski definition) is 4. The molecule has 0 bridgehead atoms. The number of phenolic OH excluding ortho intramolecular Hbond substituents is 1. The molecule has 2 heterocycles. The zero-order chi connectivity index (χ0) is 11.7. The lowest BCUT2D eigenvalue weighted by Gasteiger charge is -2.12. The fraction of sp³-hybridized carbons (Fsp3) is 0.333. The number of phenols is 1. The maximum absolute atomic E-state index is 9.29. The largest absolute Gasteiger partial charge is 0.508 e. The van der Waals surface area contributed by atoms with Crippen LogP contribution in [-0.4, -0.2) is 33.2 Å². The van der Waals surface area contributed by atoms with Crippen molar-refractivity contribution in [1.82, 2.24) is 20.3 Å². The van der Waals surface area contributed by atoms with Gasteiger partial charge in [0.2, 0.25) is 0 Å². The summed E-state index contributed by atoms with van der Waals surface area (Å²) in [5.74, 6) is 0.273. The fourth-order valence-electron chi connectivity index (χ4n) is 2.20. The monoisotopic (exact) mass is 230 g/mol. The van der Waals surface area contributed by atoms with Gasteiger partial charge in [0.15, 0.2) is 0 Å². The first-order chi connectivity index (χ1) is 8.34. The maximum Gasteiger partial charge on any atom is 0.115 e. The van der Waals surface area contributed by atoms with E-state index in [0.717, 1.165) is 30.8 Å². The summed E-state index contributed by atoms with van der Waals surface area (Å²) in [6.45, 7) is 1.97. The summed E-state index contributed by atoms with van der Waals surface area (Å²) >= 11 is 0. The third-order valence-corrected chi connectivity index (χ3v) is 3.12. The molecule has 0 radical (unpaired) electrons. The van der Waals surface area contributed by atoms with Crippen molar-refractivity contribution in [2.45, 2.75) is 12.5 Å². The quantitative estimate of drug-likeness (QED) is 0.813. The molecule has 2 N–H and O–H groups in total. The molecular weight excluding hydrogens is 216 g/mol. The van der Waals surface area contributed by atoms with E-state index in [2.05, 4.69) is 15.6 Å². The minimum atomic E-state index is 0.273. The van der Waals surface area contributed by atoms with Crippen molar-refractivity contribution in [1.29, 1.82) is 0 Å². The molecule has 1 aromatic heterocycles. The van der Waals surface area contributed by atoms with Gasteiger partial charge in [-0.3, -0.25) is 0 Å². The zero-order valence-corrected chi connectivity index (χ0v) is 9.37. The Balaban J connectivity index is 1.97. The molecule has 5 nitrogen and oxygen atoms in total. The summed E-state index contributed by atoms with van der Waals surface area (Å²) in [6.07, 6.45) is 2.85. The molecule has 17 heavy (non-hydrogen) atoms. The van der Waals surface area contributed by atoms with E-state index in [0.29, 0.717) is 6.04 Å². The SMILES string of the molecule is Oc1ccc(-c2cnnn2C2CCNC2)cc1. The molecule has 1 aliphatic heterocycles. The van der Waals surface area contributed by atoms with Crippen LogP contribution < -0.4 is 5.32 Å². The average Bonchev–Trinajstić information content (AvgIpc) is 3.00. The van der Waals surface area contributed by atoms with Crippen LogP contribution in [0.3, 0.4) is 0 Å². The molecule has 2 aromatic rings. The van der Waals surface area contributed by atoms with Gasteiger partial charge in [-0.05, 0) is 37.2 Å². The Hall–Kier alpha value is -1.88. The van der Waals surface area contributed by atoms with Gasteiger partial charge in [0, 0.05) is 12.1 Å². The number of aromatic hydroxyl groups is 1. The molecule has 5 heteroatoms. The van der Waals surface area contributed by atoms with Crippen molar-refractivity contribution in [3.63, 3.8) is 0 Å². The van der Waals surface area contributed by atoms with E-state index in [1.807, 2.05) is 16.8 Å². The molecule has 1 fully saturated rings. The van der Waals surface area contributed by atoms with Crippen LogP contribution in [0.1, 0.15) is 12.5 Å². The summed E-state index contributed by atoms with van der Waals surface area (Å²) in [4.78, 5) is 0.